The highest BCUT2D eigenvalue weighted by atomic mass is 16.1. The number of primary amides is 1. The maximum atomic E-state index is 11.0. The first-order valence-corrected chi connectivity index (χ1v) is 3.95. The molecule has 1 amide bonds. The Kier molecular flexibility index (Phi) is 2.19. The Morgan fingerprint density at radius 3 is 2.45 bits per heavy atom. The molecule has 0 aromatic carbocycles. The lowest BCUT2D eigenvalue weighted by Gasteiger charge is -2.21. The molecule has 0 bridgehead atoms. The first kappa shape index (κ1) is 8.13. The van der Waals surface area contributed by atoms with Gasteiger partial charge in [-0.3, -0.25) is 4.79 Å². The van der Waals surface area contributed by atoms with Crippen molar-refractivity contribution in [2.75, 3.05) is 0 Å². The molecule has 2 heteroatoms. The first-order valence-electron chi connectivity index (χ1n) is 3.95. The predicted octanol–water partition coefficient (Wildman–Crippen LogP) is 1.06. The van der Waals surface area contributed by atoms with Gasteiger partial charge in [0, 0.05) is 6.42 Å². The Morgan fingerprint density at radius 1 is 1.55 bits per heavy atom. The molecule has 0 radical (unpaired) electrons. The average Bonchev–Trinajstić information content (AvgIpc) is 2.38. The molecule has 0 aromatic heterocycles. The van der Waals surface area contributed by atoms with Crippen LogP contribution in [0.3, 0.4) is 0 Å². The van der Waals surface area contributed by atoms with Crippen molar-refractivity contribution < 1.29 is 4.79 Å². The smallest absolute Gasteiger partial charge is 0.224 e. The second-order valence-corrected chi connectivity index (χ2v) is 3.23. The monoisotopic (exact) mass is 151 g/mol. The van der Waals surface area contributed by atoms with Gasteiger partial charge in [-0.25, -0.2) is 0 Å². The minimum Gasteiger partial charge on any atom is -0.369 e. The molecule has 1 aliphatic rings. The van der Waals surface area contributed by atoms with Crippen molar-refractivity contribution in [2.24, 2.45) is 11.1 Å². The van der Waals surface area contributed by atoms with Crippen molar-refractivity contribution in [2.45, 2.75) is 32.1 Å². The minimum atomic E-state index is -0.352. The molecule has 1 aliphatic carbocycles. The molecule has 1 rings (SSSR count). The summed E-state index contributed by atoms with van der Waals surface area (Å²) in [6, 6.07) is 0. The topological polar surface area (TPSA) is 43.1 Å². The van der Waals surface area contributed by atoms with Gasteiger partial charge in [0.15, 0.2) is 0 Å². The fourth-order valence-electron chi connectivity index (χ4n) is 1.76. The van der Waals surface area contributed by atoms with Gasteiger partial charge in [0.25, 0.3) is 0 Å². The van der Waals surface area contributed by atoms with Crippen LogP contribution in [-0.4, -0.2) is 5.91 Å². The predicted molar refractivity (Wildman–Crippen MR) is 43.5 cm³/mol. The summed E-state index contributed by atoms with van der Waals surface area (Å²) in [5.41, 5.74) is 4.93. The maximum absolute atomic E-state index is 11.0. The van der Waals surface area contributed by atoms with E-state index in [0.717, 1.165) is 25.7 Å². The Balaban J connectivity index is 2.72. The van der Waals surface area contributed by atoms with Gasteiger partial charge in [0.2, 0.25) is 5.91 Å². The largest absolute Gasteiger partial charge is 0.369 e. The van der Waals surface area contributed by atoms with E-state index in [2.05, 4.69) is 5.92 Å². The number of rotatable bonds is 2. The summed E-state index contributed by atoms with van der Waals surface area (Å²) in [7, 11) is 0. The number of terminal acetylenes is 1. The number of hydrogen-bond acceptors (Lipinski definition) is 1. The fraction of sp³-hybridized carbons (Fsp3) is 0.667. The van der Waals surface area contributed by atoms with Crippen molar-refractivity contribution >= 4 is 5.91 Å². The van der Waals surface area contributed by atoms with E-state index in [-0.39, 0.29) is 11.3 Å². The van der Waals surface area contributed by atoms with Crippen LogP contribution in [0.1, 0.15) is 32.1 Å². The van der Waals surface area contributed by atoms with E-state index in [4.69, 9.17) is 12.2 Å². The highest BCUT2D eigenvalue weighted by molar-refractivity contribution is 5.81. The summed E-state index contributed by atoms with van der Waals surface area (Å²) in [5, 5.41) is 0. The summed E-state index contributed by atoms with van der Waals surface area (Å²) >= 11 is 0. The second-order valence-electron chi connectivity index (χ2n) is 3.23. The average molecular weight is 151 g/mol. The number of carbonyl (C=O) groups excluding carboxylic acids is 1. The zero-order chi connectivity index (χ0) is 8.32. The highest BCUT2D eigenvalue weighted by Crippen LogP contribution is 2.40. The molecule has 0 atom stereocenters. The van der Waals surface area contributed by atoms with Crippen LogP contribution in [0.4, 0.5) is 0 Å². The number of nitrogens with two attached hydrogens (primary N) is 1. The van der Waals surface area contributed by atoms with Crippen LogP contribution in [0.15, 0.2) is 0 Å². The molecule has 0 saturated heterocycles. The van der Waals surface area contributed by atoms with Crippen molar-refractivity contribution in [1.82, 2.24) is 0 Å². The van der Waals surface area contributed by atoms with E-state index in [1.165, 1.54) is 0 Å². The van der Waals surface area contributed by atoms with E-state index < -0.39 is 0 Å². The summed E-state index contributed by atoms with van der Waals surface area (Å²) in [4.78, 5) is 11.0. The van der Waals surface area contributed by atoms with Crippen LogP contribution in [0, 0.1) is 17.8 Å². The molecule has 11 heavy (non-hydrogen) atoms. The first-order chi connectivity index (χ1) is 5.21. The molecule has 0 aliphatic heterocycles. The van der Waals surface area contributed by atoms with Crippen molar-refractivity contribution in [3.8, 4) is 12.3 Å². The number of amides is 1. The highest BCUT2D eigenvalue weighted by Gasteiger charge is 2.38. The molecule has 60 valence electrons. The molecule has 0 heterocycles. The van der Waals surface area contributed by atoms with E-state index in [1.54, 1.807) is 0 Å². The molecule has 1 fully saturated rings. The van der Waals surface area contributed by atoms with Gasteiger partial charge < -0.3 is 5.73 Å². The maximum Gasteiger partial charge on any atom is 0.224 e. The van der Waals surface area contributed by atoms with Gasteiger partial charge >= 0.3 is 0 Å². The standard InChI is InChI=1S/C9H13NO/c1-2-5-9(8(10)11)6-3-4-7-9/h1H,3-7H2,(H2,10,11). The quantitative estimate of drug-likeness (QED) is 0.589. The number of hydrogen-bond donors (Lipinski definition) is 1. The van der Waals surface area contributed by atoms with Gasteiger partial charge in [-0.05, 0) is 12.8 Å². The van der Waals surface area contributed by atoms with Crippen LogP contribution < -0.4 is 5.73 Å². The van der Waals surface area contributed by atoms with Gasteiger partial charge in [0.05, 0.1) is 5.41 Å². The molecular formula is C9H13NO. The lowest BCUT2D eigenvalue weighted by Crippen LogP contribution is -2.34. The fourth-order valence-corrected chi connectivity index (χ4v) is 1.76. The van der Waals surface area contributed by atoms with Crippen LogP contribution in [0.5, 0.6) is 0 Å². The third-order valence-electron chi connectivity index (χ3n) is 2.52. The van der Waals surface area contributed by atoms with Crippen LogP contribution in [-0.2, 0) is 4.79 Å². The van der Waals surface area contributed by atoms with Gasteiger partial charge in [-0.2, -0.15) is 0 Å². The minimum absolute atomic E-state index is 0.215. The van der Waals surface area contributed by atoms with Crippen molar-refractivity contribution in [1.29, 1.82) is 0 Å². The summed E-state index contributed by atoms with van der Waals surface area (Å²) in [5.74, 6) is 2.32. The van der Waals surface area contributed by atoms with Gasteiger partial charge in [-0.15, -0.1) is 12.3 Å². The van der Waals surface area contributed by atoms with E-state index >= 15 is 0 Å². The zero-order valence-corrected chi connectivity index (χ0v) is 6.60. The Bertz CT molecular complexity index is 196. The van der Waals surface area contributed by atoms with Crippen molar-refractivity contribution in [3.63, 3.8) is 0 Å². The van der Waals surface area contributed by atoms with Crippen LogP contribution in [0.2, 0.25) is 0 Å². The van der Waals surface area contributed by atoms with Crippen LogP contribution >= 0.6 is 0 Å². The number of carbonyl (C=O) groups is 1. The SMILES string of the molecule is C#CCC1(C(N)=O)CCCC1. The van der Waals surface area contributed by atoms with Gasteiger partial charge in [0.1, 0.15) is 0 Å². The molecule has 2 N–H and O–H groups in total. The third kappa shape index (κ3) is 1.37. The van der Waals surface area contributed by atoms with E-state index in [1.807, 2.05) is 0 Å². The summed E-state index contributed by atoms with van der Waals surface area (Å²) < 4.78 is 0. The Labute approximate surface area is 67.2 Å². The molecule has 0 spiro atoms. The molecular weight excluding hydrogens is 138 g/mol. The summed E-state index contributed by atoms with van der Waals surface area (Å²) in [6.07, 6.45) is 9.63. The summed E-state index contributed by atoms with van der Waals surface area (Å²) in [6.45, 7) is 0. The molecule has 1 saturated carbocycles. The second kappa shape index (κ2) is 2.96. The van der Waals surface area contributed by atoms with Gasteiger partial charge in [-0.1, -0.05) is 12.8 Å². The Hall–Kier alpha value is -0.970. The van der Waals surface area contributed by atoms with Crippen molar-refractivity contribution in [3.05, 3.63) is 0 Å². The lowest BCUT2D eigenvalue weighted by molar-refractivity contribution is -0.127. The molecule has 2 nitrogen and oxygen atoms in total. The lowest BCUT2D eigenvalue weighted by atomic mass is 9.82. The van der Waals surface area contributed by atoms with Crippen LogP contribution in [0.25, 0.3) is 0 Å². The zero-order valence-electron chi connectivity index (χ0n) is 6.60. The van der Waals surface area contributed by atoms with E-state index in [0.29, 0.717) is 6.42 Å². The normalized spacial score (nSPS) is 21.0. The van der Waals surface area contributed by atoms with E-state index in [9.17, 15) is 4.79 Å². The molecule has 0 unspecified atom stereocenters. The third-order valence-corrected chi connectivity index (χ3v) is 2.52. The Morgan fingerprint density at radius 2 is 2.09 bits per heavy atom. The molecule has 0 aromatic rings.